The molecule has 0 unspecified atom stereocenters. The summed E-state index contributed by atoms with van der Waals surface area (Å²) in [5, 5.41) is 3.42. The van der Waals surface area contributed by atoms with E-state index in [0.717, 1.165) is 16.8 Å². The molecule has 152 valence electrons. The Balaban J connectivity index is 1.75. The molecule has 1 heterocycles. The summed E-state index contributed by atoms with van der Waals surface area (Å²) in [4.78, 5) is 31.2. The average molecular weight is 432 g/mol. The molecule has 0 radical (unpaired) electrons. The van der Waals surface area contributed by atoms with E-state index in [1.165, 1.54) is 16.7 Å². The predicted molar refractivity (Wildman–Crippen MR) is 118 cm³/mol. The molecule has 8 heteroatoms. The number of nitrogens with one attached hydrogen (secondary N) is 1. The van der Waals surface area contributed by atoms with E-state index in [0.29, 0.717) is 21.6 Å². The van der Waals surface area contributed by atoms with Crippen molar-refractivity contribution in [3.8, 4) is 5.75 Å². The van der Waals surface area contributed by atoms with Crippen molar-refractivity contribution >= 4 is 51.7 Å². The van der Waals surface area contributed by atoms with Crippen molar-refractivity contribution in [3.63, 3.8) is 0 Å². The number of rotatable bonds is 5. The number of benzene rings is 2. The topological polar surface area (TPSA) is 71.0 Å². The van der Waals surface area contributed by atoms with Crippen molar-refractivity contribution < 1.29 is 14.3 Å². The van der Waals surface area contributed by atoms with E-state index >= 15 is 0 Å². The average Bonchev–Trinajstić information content (AvgIpc) is 2.93. The monoisotopic (exact) mass is 431 g/mol. The highest BCUT2D eigenvalue weighted by molar-refractivity contribution is 8.15. The van der Waals surface area contributed by atoms with Crippen LogP contribution in [-0.2, 0) is 9.59 Å². The zero-order valence-electron chi connectivity index (χ0n) is 16.7. The molecular weight excluding hydrogens is 410 g/mol. The molecule has 3 rings (SSSR count). The van der Waals surface area contributed by atoms with E-state index in [2.05, 4.69) is 10.3 Å². The van der Waals surface area contributed by atoms with Gasteiger partial charge in [0.1, 0.15) is 16.7 Å². The number of nitrogens with zero attached hydrogens (tertiary/aromatic N) is 2. The summed E-state index contributed by atoms with van der Waals surface area (Å²) >= 11 is 7.32. The molecule has 0 saturated carbocycles. The lowest BCUT2D eigenvalue weighted by atomic mass is 10.1. The standard InChI is InChI=1S/C21H22ClN3O3S/c1-12-6-5-7-13(2)19(12)24-18(26)11-17-20(27)25(3)21(29-17)23-15-10-14(22)8-9-16(15)28-4/h5-10,17H,11H2,1-4H3,(H,24,26)/t17-/m0/s1. The summed E-state index contributed by atoms with van der Waals surface area (Å²) in [6, 6.07) is 10.9. The maximum atomic E-state index is 12.6. The molecule has 0 bridgehead atoms. The minimum absolute atomic E-state index is 0.0628. The van der Waals surface area contributed by atoms with Gasteiger partial charge in [-0.15, -0.1) is 0 Å². The van der Waals surface area contributed by atoms with Gasteiger partial charge < -0.3 is 10.1 Å². The third kappa shape index (κ3) is 4.74. The van der Waals surface area contributed by atoms with Crippen LogP contribution in [0.25, 0.3) is 0 Å². The molecule has 1 N–H and O–H groups in total. The van der Waals surface area contributed by atoms with Crippen LogP contribution < -0.4 is 10.1 Å². The molecule has 1 saturated heterocycles. The second-order valence-electron chi connectivity index (χ2n) is 6.73. The molecule has 1 fully saturated rings. The molecule has 1 aliphatic rings. The molecule has 6 nitrogen and oxygen atoms in total. The number of hydrogen-bond donors (Lipinski definition) is 1. The van der Waals surface area contributed by atoms with Gasteiger partial charge in [-0.1, -0.05) is 41.6 Å². The first-order valence-electron chi connectivity index (χ1n) is 9.02. The molecule has 2 aromatic rings. The summed E-state index contributed by atoms with van der Waals surface area (Å²) in [5.41, 5.74) is 3.29. The maximum absolute atomic E-state index is 12.6. The number of amidine groups is 1. The Kier molecular flexibility index (Phi) is 6.49. The fourth-order valence-corrected chi connectivity index (χ4v) is 4.33. The first-order chi connectivity index (χ1) is 13.8. The van der Waals surface area contributed by atoms with Crippen molar-refractivity contribution in [3.05, 3.63) is 52.5 Å². The fraction of sp³-hybridized carbons (Fsp3) is 0.286. The van der Waals surface area contributed by atoms with Gasteiger partial charge in [-0.2, -0.15) is 0 Å². The number of halogens is 1. The molecule has 2 aromatic carbocycles. The zero-order valence-corrected chi connectivity index (χ0v) is 18.2. The lowest BCUT2D eigenvalue weighted by Crippen LogP contribution is -2.30. The second kappa shape index (κ2) is 8.88. The molecule has 0 aliphatic carbocycles. The van der Waals surface area contributed by atoms with Crippen LogP contribution in [0.4, 0.5) is 11.4 Å². The van der Waals surface area contributed by atoms with Gasteiger partial charge in [-0.3, -0.25) is 14.5 Å². The van der Waals surface area contributed by atoms with Gasteiger partial charge in [-0.25, -0.2) is 4.99 Å². The Labute approximate surface area is 179 Å². The third-order valence-electron chi connectivity index (χ3n) is 4.61. The maximum Gasteiger partial charge on any atom is 0.242 e. The van der Waals surface area contributed by atoms with Crippen LogP contribution in [0, 0.1) is 13.8 Å². The number of anilines is 1. The SMILES string of the molecule is COc1ccc(Cl)cc1N=C1S[C@@H](CC(=O)Nc2c(C)cccc2C)C(=O)N1C. The number of amides is 2. The van der Waals surface area contributed by atoms with Gasteiger partial charge in [0.25, 0.3) is 0 Å². The summed E-state index contributed by atoms with van der Waals surface area (Å²) in [6.45, 7) is 3.88. The van der Waals surface area contributed by atoms with Crippen molar-refractivity contribution in [2.45, 2.75) is 25.5 Å². The van der Waals surface area contributed by atoms with Gasteiger partial charge in [0.05, 0.1) is 7.11 Å². The van der Waals surface area contributed by atoms with Crippen LogP contribution >= 0.6 is 23.4 Å². The van der Waals surface area contributed by atoms with Crippen LogP contribution in [0.1, 0.15) is 17.5 Å². The van der Waals surface area contributed by atoms with Gasteiger partial charge in [0, 0.05) is 24.2 Å². The minimum Gasteiger partial charge on any atom is -0.494 e. The van der Waals surface area contributed by atoms with E-state index in [4.69, 9.17) is 16.3 Å². The van der Waals surface area contributed by atoms with Crippen LogP contribution in [0.15, 0.2) is 41.4 Å². The molecule has 0 spiro atoms. The molecule has 2 amide bonds. The number of carbonyl (C=O) groups excluding carboxylic acids is 2. The number of hydrogen-bond acceptors (Lipinski definition) is 5. The van der Waals surface area contributed by atoms with E-state index < -0.39 is 5.25 Å². The highest BCUT2D eigenvalue weighted by atomic mass is 35.5. The van der Waals surface area contributed by atoms with Crippen LogP contribution in [0.2, 0.25) is 5.02 Å². The zero-order chi connectivity index (χ0) is 21.1. The fourth-order valence-electron chi connectivity index (χ4n) is 3.02. The van der Waals surface area contributed by atoms with Crippen LogP contribution in [0.3, 0.4) is 0 Å². The smallest absolute Gasteiger partial charge is 0.242 e. The van der Waals surface area contributed by atoms with E-state index in [1.807, 2.05) is 32.0 Å². The lowest BCUT2D eigenvalue weighted by molar-refractivity contribution is -0.127. The second-order valence-corrected chi connectivity index (χ2v) is 8.34. The number of ether oxygens (including phenoxy) is 1. The molecular formula is C21H22ClN3O3S. The summed E-state index contributed by atoms with van der Waals surface area (Å²) < 4.78 is 5.31. The largest absolute Gasteiger partial charge is 0.494 e. The molecule has 29 heavy (non-hydrogen) atoms. The van der Waals surface area contributed by atoms with E-state index in [1.54, 1.807) is 32.4 Å². The van der Waals surface area contributed by atoms with Gasteiger partial charge in [0.15, 0.2) is 5.17 Å². The third-order valence-corrected chi connectivity index (χ3v) is 6.08. The molecule has 0 aromatic heterocycles. The quantitative estimate of drug-likeness (QED) is 0.753. The highest BCUT2D eigenvalue weighted by Gasteiger charge is 2.37. The van der Waals surface area contributed by atoms with Gasteiger partial charge in [-0.05, 0) is 43.2 Å². The van der Waals surface area contributed by atoms with Crippen LogP contribution in [-0.4, -0.2) is 41.3 Å². The Morgan fingerprint density at radius 3 is 2.62 bits per heavy atom. The highest BCUT2D eigenvalue weighted by Crippen LogP contribution is 2.35. The van der Waals surface area contributed by atoms with Crippen LogP contribution in [0.5, 0.6) is 5.75 Å². The van der Waals surface area contributed by atoms with E-state index in [-0.39, 0.29) is 18.2 Å². The van der Waals surface area contributed by atoms with Crippen molar-refractivity contribution in [2.24, 2.45) is 4.99 Å². The normalized spacial score (nSPS) is 17.7. The van der Waals surface area contributed by atoms with Crippen molar-refractivity contribution in [1.82, 2.24) is 4.90 Å². The summed E-state index contributed by atoms with van der Waals surface area (Å²) in [7, 11) is 3.19. The number of methoxy groups -OCH3 is 1. The minimum atomic E-state index is -0.534. The number of thioether (sulfide) groups is 1. The summed E-state index contributed by atoms with van der Waals surface area (Å²) in [5.74, 6) is 0.189. The number of aryl methyl sites for hydroxylation is 2. The van der Waals surface area contributed by atoms with Crippen molar-refractivity contribution in [2.75, 3.05) is 19.5 Å². The molecule has 1 atom stereocenters. The Hall–Kier alpha value is -2.51. The van der Waals surface area contributed by atoms with Gasteiger partial charge >= 0.3 is 0 Å². The predicted octanol–water partition coefficient (Wildman–Crippen LogP) is 4.56. The van der Waals surface area contributed by atoms with E-state index in [9.17, 15) is 9.59 Å². The first-order valence-corrected chi connectivity index (χ1v) is 10.3. The van der Waals surface area contributed by atoms with Crippen molar-refractivity contribution in [1.29, 1.82) is 0 Å². The Morgan fingerprint density at radius 2 is 1.97 bits per heavy atom. The van der Waals surface area contributed by atoms with Gasteiger partial charge in [0.2, 0.25) is 11.8 Å². The number of para-hydroxylation sites is 1. The number of aliphatic imine (C=N–C) groups is 1. The summed E-state index contributed by atoms with van der Waals surface area (Å²) in [6.07, 6.45) is 0.0628. The Bertz CT molecular complexity index is 973. The lowest BCUT2D eigenvalue weighted by Gasteiger charge is -2.12. The molecule has 1 aliphatic heterocycles. The Morgan fingerprint density at radius 1 is 1.28 bits per heavy atom. The number of carbonyl (C=O) groups is 2. The first kappa shape index (κ1) is 21.2.